The number of nitrogens with one attached hydrogen (secondary N) is 1. The van der Waals surface area contributed by atoms with Crippen LogP contribution < -0.4 is 4.74 Å². The van der Waals surface area contributed by atoms with Crippen molar-refractivity contribution in [1.82, 2.24) is 15.1 Å². The van der Waals surface area contributed by atoms with Gasteiger partial charge in [-0.3, -0.25) is 9.89 Å². The van der Waals surface area contributed by atoms with E-state index in [2.05, 4.69) is 10.2 Å². The Morgan fingerprint density at radius 3 is 2.96 bits per heavy atom. The number of allylic oxidation sites excluding steroid dienone is 1. The summed E-state index contributed by atoms with van der Waals surface area (Å²) in [6.07, 6.45) is 0.727. The topological polar surface area (TPSA) is 76.7 Å². The number of aromatic amines is 1. The molecule has 2 aliphatic heterocycles. The van der Waals surface area contributed by atoms with Gasteiger partial charge in [-0.05, 0) is 19.1 Å². The third-order valence-electron chi connectivity index (χ3n) is 4.73. The minimum Gasteiger partial charge on any atom is -0.497 e. The molecule has 0 saturated heterocycles. The van der Waals surface area contributed by atoms with Crippen LogP contribution in [0.1, 0.15) is 18.2 Å². The summed E-state index contributed by atoms with van der Waals surface area (Å²) in [4.78, 5) is 14.6. The lowest BCUT2D eigenvalue weighted by molar-refractivity contribution is -0.133. The van der Waals surface area contributed by atoms with Crippen LogP contribution in [0.25, 0.3) is 11.3 Å². The zero-order valence-electron chi connectivity index (χ0n) is 14.9. The van der Waals surface area contributed by atoms with Gasteiger partial charge in [0.2, 0.25) is 5.76 Å². The smallest absolute Gasteiger partial charge is 0.292 e. The highest BCUT2D eigenvalue weighted by Crippen LogP contribution is 2.31. The number of hydrogen-bond donors (Lipinski definition) is 1. The molecule has 7 nitrogen and oxygen atoms in total. The lowest BCUT2D eigenvalue weighted by Gasteiger charge is -2.29. The Morgan fingerprint density at radius 1 is 1.31 bits per heavy atom. The molecule has 4 rings (SSSR count). The SMILES string of the molecule is COc1cccc(-c2n[nH]c3c2CN(C(=O)C2=C(C)OCCO2)CC3)c1. The van der Waals surface area contributed by atoms with Crippen LogP contribution in [-0.4, -0.2) is 47.9 Å². The molecule has 0 spiro atoms. The molecule has 0 saturated carbocycles. The van der Waals surface area contributed by atoms with Crippen LogP contribution in [0.3, 0.4) is 0 Å². The van der Waals surface area contributed by atoms with Crippen molar-refractivity contribution in [2.75, 3.05) is 26.9 Å². The number of benzene rings is 1. The molecular weight excluding hydrogens is 334 g/mol. The van der Waals surface area contributed by atoms with Gasteiger partial charge in [-0.2, -0.15) is 5.10 Å². The molecule has 0 bridgehead atoms. The first-order valence-electron chi connectivity index (χ1n) is 8.63. The fourth-order valence-electron chi connectivity index (χ4n) is 3.34. The van der Waals surface area contributed by atoms with Crippen molar-refractivity contribution in [2.45, 2.75) is 19.9 Å². The van der Waals surface area contributed by atoms with E-state index in [1.54, 1.807) is 18.9 Å². The molecule has 0 radical (unpaired) electrons. The van der Waals surface area contributed by atoms with Gasteiger partial charge in [0.25, 0.3) is 5.91 Å². The van der Waals surface area contributed by atoms with Gasteiger partial charge in [0, 0.05) is 29.8 Å². The van der Waals surface area contributed by atoms with Gasteiger partial charge in [0.15, 0.2) is 0 Å². The summed E-state index contributed by atoms with van der Waals surface area (Å²) in [5.74, 6) is 1.50. The Kier molecular flexibility index (Phi) is 4.28. The Labute approximate surface area is 151 Å². The van der Waals surface area contributed by atoms with Crippen molar-refractivity contribution in [3.63, 3.8) is 0 Å². The predicted molar refractivity (Wildman–Crippen MR) is 94.3 cm³/mol. The number of ether oxygens (including phenoxy) is 3. The molecule has 1 amide bonds. The van der Waals surface area contributed by atoms with Crippen LogP contribution in [0, 0.1) is 0 Å². The van der Waals surface area contributed by atoms with E-state index in [0.29, 0.717) is 37.8 Å². The van der Waals surface area contributed by atoms with E-state index in [9.17, 15) is 4.79 Å². The Balaban J connectivity index is 1.62. The van der Waals surface area contributed by atoms with Crippen LogP contribution >= 0.6 is 0 Å². The lowest BCUT2D eigenvalue weighted by Crippen LogP contribution is -2.38. The lowest BCUT2D eigenvalue weighted by atomic mass is 10.0. The number of methoxy groups -OCH3 is 1. The molecular formula is C19H21N3O4. The number of rotatable bonds is 3. The summed E-state index contributed by atoms with van der Waals surface area (Å²) in [5.41, 5.74) is 3.91. The summed E-state index contributed by atoms with van der Waals surface area (Å²) in [5, 5.41) is 7.59. The first kappa shape index (κ1) is 16.5. The summed E-state index contributed by atoms with van der Waals surface area (Å²) >= 11 is 0. The van der Waals surface area contributed by atoms with Crippen molar-refractivity contribution in [2.24, 2.45) is 0 Å². The van der Waals surface area contributed by atoms with Gasteiger partial charge < -0.3 is 19.1 Å². The molecule has 26 heavy (non-hydrogen) atoms. The molecule has 7 heteroatoms. The molecule has 3 heterocycles. The normalized spacial score (nSPS) is 16.6. The monoisotopic (exact) mass is 355 g/mol. The van der Waals surface area contributed by atoms with Crippen LogP contribution in [0.15, 0.2) is 35.8 Å². The van der Waals surface area contributed by atoms with Gasteiger partial charge in [0.05, 0.1) is 19.3 Å². The third-order valence-corrected chi connectivity index (χ3v) is 4.73. The number of carbonyl (C=O) groups is 1. The predicted octanol–water partition coefficient (Wildman–Crippen LogP) is 2.25. The average molecular weight is 355 g/mol. The molecule has 2 aromatic rings. The fraction of sp³-hybridized carbons (Fsp3) is 0.368. The van der Waals surface area contributed by atoms with Crippen molar-refractivity contribution >= 4 is 5.91 Å². The van der Waals surface area contributed by atoms with E-state index >= 15 is 0 Å². The largest absolute Gasteiger partial charge is 0.497 e. The number of carbonyl (C=O) groups excluding carboxylic acids is 1. The van der Waals surface area contributed by atoms with Gasteiger partial charge in [-0.25, -0.2) is 0 Å². The van der Waals surface area contributed by atoms with Crippen LogP contribution in [0.4, 0.5) is 0 Å². The molecule has 1 aromatic carbocycles. The first-order valence-corrected chi connectivity index (χ1v) is 8.63. The molecule has 1 N–H and O–H groups in total. The van der Waals surface area contributed by atoms with E-state index in [0.717, 1.165) is 34.7 Å². The molecule has 136 valence electrons. The number of H-pyrrole nitrogens is 1. The van der Waals surface area contributed by atoms with Crippen molar-refractivity contribution in [3.8, 4) is 17.0 Å². The highest BCUT2D eigenvalue weighted by molar-refractivity contribution is 5.92. The number of fused-ring (bicyclic) bond motifs is 1. The van der Waals surface area contributed by atoms with Gasteiger partial charge in [-0.1, -0.05) is 12.1 Å². The minimum atomic E-state index is -0.134. The van der Waals surface area contributed by atoms with E-state index in [-0.39, 0.29) is 5.91 Å². The van der Waals surface area contributed by atoms with E-state index in [1.165, 1.54) is 0 Å². The van der Waals surface area contributed by atoms with Crippen molar-refractivity contribution in [1.29, 1.82) is 0 Å². The van der Waals surface area contributed by atoms with E-state index in [1.807, 2.05) is 24.3 Å². The molecule has 0 aliphatic carbocycles. The summed E-state index contributed by atoms with van der Waals surface area (Å²) in [7, 11) is 1.64. The van der Waals surface area contributed by atoms with Crippen LogP contribution in [0.5, 0.6) is 5.75 Å². The number of aromatic nitrogens is 2. The van der Waals surface area contributed by atoms with E-state index < -0.39 is 0 Å². The summed E-state index contributed by atoms with van der Waals surface area (Å²) in [6.45, 7) is 3.75. The summed E-state index contributed by atoms with van der Waals surface area (Å²) in [6, 6.07) is 7.77. The second kappa shape index (κ2) is 6.74. The van der Waals surface area contributed by atoms with E-state index in [4.69, 9.17) is 14.2 Å². The van der Waals surface area contributed by atoms with Gasteiger partial charge >= 0.3 is 0 Å². The highest BCUT2D eigenvalue weighted by atomic mass is 16.6. The Hall–Kier alpha value is -2.96. The van der Waals surface area contributed by atoms with Gasteiger partial charge in [0.1, 0.15) is 24.7 Å². The molecule has 1 aromatic heterocycles. The molecule has 2 aliphatic rings. The Morgan fingerprint density at radius 2 is 2.15 bits per heavy atom. The zero-order valence-corrected chi connectivity index (χ0v) is 14.9. The second-order valence-electron chi connectivity index (χ2n) is 6.32. The fourth-order valence-corrected chi connectivity index (χ4v) is 3.34. The third kappa shape index (κ3) is 2.89. The van der Waals surface area contributed by atoms with Crippen LogP contribution in [-0.2, 0) is 27.2 Å². The second-order valence-corrected chi connectivity index (χ2v) is 6.32. The number of nitrogens with zero attached hydrogens (tertiary/aromatic N) is 2. The summed E-state index contributed by atoms with van der Waals surface area (Å²) < 4.78 is 16.3. The maximum absolute atomic E-state index is 12.9. The highest BCUT2D eigenvalue weighted by Gasteiger charge is 2.30. The average Bonchev–Trinajstić information content (AvgIpc) is 3.11. The molecule has 0 unspecified atom stereocenters. The molecule has 0 fully saturated rings. The standard InChI is InChI=1S/C19H21N3O4/c1-12-18(26-9-8-25-12)19(23)22-7-6-16-15(11-22)17(21-20-16)13-4-3-5-14(10-13)24-2/h3-5,10H,6-9,11H2,1-2H3,(H,20,21). The van der Waals surface area contributed by atoms with Crippen molar-refractivity contribution < 1.29 is 19.0 Å². The quantitative estimate of drug-likeness (QED) is 0.914. The minimum absolute atomic E-state index is 0.134. The number of amides is 1. The maximum atomic E-state index is 12.9. The van der Waals surface area contributed by atoms with Crippen molar-refractivity contribution in [3.05, 3.63) is 47.0 Å². The zero-order chi connectivity index (χ0) is 18.1. The number of hydrogen-bond acceptors (Lipinski definition) is 5. The van der Waals surface area contributed by atoms with Gasteiger partial charge in [-0.15, -0.1) is 0 Å². The molecule has 0 atom stereocenters. The maximum Gasteiger partial charge on any atom is 0.292 e. The van der Waals surface area contributed by atoms with Crippen LogP contribution in [0.2, 0.25) is 0 Å². The Bertz CT molecular complexity index is 871. The first-order chi connectivity index (χ1) is 12.7.